The summed E-state index contributed by atoms with van der Waals surface area (Å²) in [7, 11) is 0. The van der Waals surface area contributed by atoms with Gasteiger partial charge in [0.15, 0.2) is 5.76 Å². The first-order valence-corrected chi connectivity index (χ1v) is 4.43. The highest BCUT2D eigenvalue weighted by atomic mass is 32.1. The van der Waals surface area contributed by atoms with E-state index < -0.39 is 0 Å². The van der Waals surface area contributed by atoms with Crippen molar-refractivity contribution in [3.63, 3.8) is 0 Å². The molecular formula is C8H7NO2S. The number of nitrogens with zero attached hydrogens (tertiary/aromatic N) is 1. The summed E-state index contributed by atoms with van der Waals surface area (Å²) in [5.74, 6) is 0.709. The normalized spacial score (nSPS) is 10.4. The number of rotatable bonds is 2. The minimum atomic E-state index is -0.0758. The number of hydrogen-bond acceptors (Lipinski definition) is 4. The zero-order chi connectivity index (χ0) is 8.39. The first kappa shape index (κ1) is 7.52. The highest BCUT2D eigenvalue weighted by Gasteiger charge is 2.05. The van der Waals surface area contributed by atoms with Crippen molar-refractivity contribution in [1.82, 2.24) is 5.16 Å². The topological polar surface area (TPSA) is 46.3 Å². The lowest BCUT2D eigenvalue weighted by Crippen LogP contribution is -1.78. The highest BCUT2D eigenvalue weighted by Crippen LogP contribution is 2.22. The second kappa shape index (κ2) is 3.08. The monoisotopic (exact) mass is 181 g/mol. The van der Waals surface area contributed by atoms with E-state index in [0.717, 1.165) is 5.56 Å². The maximum absolute atomic E-state index is 8.73. The maximum atomic E-state index is 8.73. The van der Waals surface area contributed by atoms with Gasteiger partial charge in [-0.05, 0) is 11.4 Å². The fraction of sp³-hybridized carbons (Fsp3) is 0.125. The molecule has 0 amide bonds. The van der Waals surface area contributed by atoms with Crippen molar-refractivity contribution < 1.29 is 9.63 Å². The molecule has 12 heavy (non-hydrogen) atoms. The van der Waals surface area contributed by atoms with E-state index in [-0.39, 0.29) is 6.61 Å². The molecule has 0 radical (unpaired) electrons. The number of aliphatic hydroxyl groups excluding tert-OH is 1. The lowest BCUT2D eigenvalue weighted by atomic mass is 10.2. The van der Waals surface area contributed by atoms with Gasteiger partial charge in [0.25, 0.3) is 0 Å². The van der Waals surface area contributed by atoms with Crippen LogP contribution in [0.2, 0.25) is 0 Å². The molecule has 2 heterocycles. The van der Waals surface area contributed by atoms with Crippen LogP contribution in [0.1, 0.15) is 5.69 Å². The van der Waals surface area contributed by atoms with Gasteiger partial charge in [0.2, 0.25) is 0 Å². The Morgan fingerprint density at radius 1 is 1.58 bits per heavy atom. The van der Waals surface area contributed by atoms with Crippen molar-refractivity contribution in [2.24, 2.45) is 0 Å². The average molecular weight is 181 g/mol. The summed E-state index contributed by atoms with van der Waals surface area (Å²) in [4.78, 5) is 0. The van der Waals surface area contributed by atoms with Gasteiger partial charge in [0.05, 0.1) is 6.61 Å². The molecule has 3 nitrogen and oxygen atoms in total. The van der Waals surface area contributed by atoms with Crippen molar-refractivity contribution in [2.75, 3.05) is 0 Å². The summed E-state index contributed by atoms with van der Waals surface area (Å²) >= 11 is 1.60. The minimum Gasteiger partial charge on any atom is -0.390 e. The van der Waals surface area contributed by atoms with E-state index in [1.165, 1.54) is 0 Å². The second-order valence-electron chi connectivity index (χ2n) is 2.35. The Bertz CT molecular complexity index is 353. The largest absolute Gasteiger partial charge is 0.390 e. The molecule has 1 N–H and O–H groups in total. The van der Waals surface area contributed by atoms with Crippen LogP contribution in [0.25, 0.3) is 11.3 Å². The summed E-state index contributed by atoms with van der Waals surface area (Å²) in [6, 6.07) is 3.69. The Balaban J connectivity index is 2.35. The molecule has 0 saturated carbocycles. The second-order valence-corrected chi connectivity index (χ2v) is 3.13. The third kappa shape index (κ3) is 1.26. The van der Waals surface area contributed by atoms with Crippen molar-refractivity contribution in [3.05, 3.63) is 28.6 Å². The predicted octanol–water partition coefficient (Wildman–Crippen LogP) is 1.90. The lowest BCUT2D eigenvalue weighted by Gasteiger charge is -1.83. The Labute approximate surface area is 73.3 Å². The summed E-state index contributed by atoms with van der Waals surface area (Å²) < 4.78 is 5.00. The van der Waals surface area contributed by atoms with Crippen LogP contribution in [-0.4, -0.2) is 10.3 Å². The van der Waals surface area contributed by atoms with Gasteiger partial charge < -0.3 is 9.63 Å². The quantitative estimate of drug-likeness (QED) is 0.769. The minimum absolute atomic E-state index is 0.0758. The van der Waals surface area contributed by atoms with Gasteiger partial charge in [-0.3, -0.25) is 0 Å². The van der Waals surface area contributed by atoms with Crippen LogP contribution in [0.15, 0.2) is 27.4 Å². The Morgan fingerprint density at radius 3 is 3.08 bits per heavy atom. The molecule has 0 bridgehead atoms. The van der Waals surface area contributed by atoms with Crippen LogP contribution in [0.4, 0.5) is 0 Å². The van der Waals surface area contributed by atoms with E-state index in [2.05, 4.69) is 5.16 Å². The van der Waals surface area contributed by atoms with E-state index in [1.807, 2.05) is 16.8 Å². The Hall–Kier alpha value is -1.13. The van der Waals surface area contributed by atoms with Crippen LogP contribution >= 0.6 is 11.3 Å². The molecule has 4 heteroatoms. The third-order valence-electron chi connectivity index (χ3n) is 1.53. The fourth-order valence-corrected chi connectivity index (χ4v) is 1.57. The molecule has 0 atom stereocenters. The Kier molecular flexibility index (Phi) is 1.93. The molecular weight excluding hydrogens is 174 g/mol. The van der Waals surface area contributed by atoms with Crippen LogP contribution in [0.5, 0.6) is 0 Å². The third-order valence-corrected chi connectivity index (χ3v) is 2.21. The SMILES string of the molecule is OCc1cc(-c2ccsc2)on1. The van der Waals surface area contributed by atoms with E-state index >= 15 is 0 Å². The van der Waals surface area contributed by atoms with Crippen molar-refractivity contribution in [1.29, 1.82) is 0 Å². The lowest BCUT2D eigenvalue weighted by molar-refractivity contribution is 0.267. The zero-order valence-electron chi connectivity index (χ0n) is 6.23. The van der Waals surface area contributed by atoms with E-state index in [9.17, 15) is 0 Å². The number of hydrogen-bond donors (Lipinski definition) is 1. The number of thiophene rings is 1. The van der Waals surface area contributed by atoms with Gasteiger partial charge in [-0.1, -0.05) is 5.16 Å². The van der Waals surface area contributed by atoms with Crippen LogP contribution in [-0.2, 0) is 6.61 Å². The van der Waals surface area contributed by atoms with E-state index in [4.69, 9.17) is 9.63 Å². The Morgan fingerprint density at radius 2 is 2.50 bits per heavy atom. The van der Waals surface area contributed by atoms with Gasteiger partial charge in [0.1, 0.15) is 5.69 Å². The summed E-state index contributed by atoms with van der Waals surface area (Å²) in [5.41, 5.74) is 1.57. The van der Waals surface area contributed by atoms with Crippen molar-refractivity contribution in [2.45, 2.75) is 6.61 Å². The van der Waals surface area contributed by atoms with Gasteiger partial charge in [-0.2, -0.15) is 11.3 Å². The van der Waals surface area contributed by atoms with Crippen molar-refractivity contribution >= 4 is 11.3 Å². The number of aromatic nitrogens is 1. The maximum Gasteiger partial charge on any atom is 0.168 e. The van der Waals surface area contributed by atoms with Gasteiger partial charge in [-0.15, -0.1) is 0 Å². The number of aliphatic hydroxyl groups is 1. The molecule has 2 rings (SSSR count). The molecule has 62 valence electrons. The molecule has 2 aromatic heterocycles. The summed E-state index contributed by atoms with van der Waals surface area (Å²) in [5, 5.41) is 16.3. The molecule has 0 spiro atoms. The first-order chi connectivity index (χ1) is 5.90. The van der Waals surface area contributed by atoms with Crippen molar-refractivity contribution in [3.8, 4) is 11.3 Å². The first-order valence-electron chi connectivity index (χ1n) is 3.49. The summed E-state index contributed by atoms with van der Waals surface area (Å²) in [6.07, 6.45) is 0. The molecule has 0 aliphatic heterocycles. The summed E-state index contributed by atoms with van der Waals surface area (Å²) in [6.45, 7) is -0.0758. The zero-order valence-corrected chi connectivity index (χ0v) is 7.04. The van der Waals surface area contributed by atoms with E-state index in [1.54, 1.807) is 17.4 Å². The molecule has 2 aromatic rings. The molecule has 0 aliphatic rings. The van der Waals surface area contributed by atoms with Crippen LogP contribution in [0, 0.1) is 0 Å². The van der Waals surface area contributed by atoms with Crippen LogP contribution in [0.3, 0.4) is 0 Å². The molecule has 0 saturated heterocycles. The smallest absolute Gasteiger partial charge is 0.168 e. The molecule has 0 fully saturated rings. The van der Waals surface area contributed by atoms with Gasteiger partial charge in [0, 0.05) is 17.0 Å². The molecule has 0 aromatic carbocycles. The van der Waals surface area contributed by atoms with E-state index in [0.29, 0.717) is 11.5 Å². The average Bonchev–Trinajstić information content (AvgIpc) is 2.75. The van der Waals surface area contributed by atoms with Crippen LogP contribution < -0.4 is 0 Å². The fourth-order valence-electron chi connectivity index (χ4n) is 0.927. The predicted molar refractivity (Wildman–Crippen MR) is 45.7 cm³/mol. The molecule has 0 unspecified atom stereocenters. The van der Waals surface area contributed by atoms with Gasteiger partial charge in [-0.25, -0.2) is 0 Å². The standard InChI is InChI=1S/C8H7NO2S/c10-4-7-3-8(11-9-7)6-1-2-12-5-6/h1-3,5,10H,4H2. The highest BCUT2D eigenvalue weighted by molar-refractivity contribution is 7.08. The molecule has 0 aliphatic carbocycles. The van der Waals surface area contributed by atoms with Gasteiger partial charge >= 0.3 is 0 Å².